The summed E-state index contributed by atoms with van der Waals surface area (Å²) in [6, 6.07) is 0. The van der Waals surface area contributed by atoms with Gasteiger partial charge in [-0.2, -0.15) is 0 Å². The van der Waals surface area contributed by atoms with Gasteiger partial charge in [-0.1, -0.05) is 0 Å². The third-order valence-electron chi connectivity index (χ3n) is 0.710. The molecule has 0 fully saturated rings. The van der Waals surface area contributed by atoms with E-state index in [1.54, 1.807) is 0 Å². The van der Waals surface area contributed by atoms with E-state index in [0.717, 1.165) is 0 Å². The third kappa shape index (κ3) is 0.446. The van der Waals surface area contributed by atoms with Crippen molar-refractivity contribution in [3.63, 3.8) is 0 Å². The van der Waals surface area contributed by atoms with Gasteiger partial charge in [0.2, 0.25) is 5.69 Å². The summed E-state index contributed by atoms with van der Waals surface area (Å²) >= 11 is 0. The maximum Gasteiger partial charge on any atom is 0.336 e. The molecule has 0 aliphatic carbocycles. The van der Waals surface area contributed by atoms with E-state index in [9.17, 15) is 4.79 Å². The van der Waals surface area contributed by atoms with Gasteiger partial charge in [-0.05, 0) is 0 Å². The van der Waals surface area contributed by atoms with E-state index in [-0.39, 0.29) is 5.69 Å². The molecule has 0 bridgehead atoms. The fourth-order valence-corrected chi connectivity index (χ4v) is 0.303. The number of primary amides is 1. The Bertz CT molecular complexity index is 199. The van der Waals surface area contributed by atoms with Gasteiger partial charge in [-0.15, -0.1) is 0 Å². The van der Waals surface area contributed by atoms with Crippen molar-refractivity contribution in [1.82, 2.24) is 5.16 Å². The van der Waals surface area contributed by atoms with Gasteiger partial charge in [-0.25, -0.2) is 5.16 Å². The number of nitrogens with one attached hydrogen (secondary N) is 1. The van der Waals surface area contributed by atoms with E-state index in [0.29, 0.717) is 0 Å². The maximum absolute atomic E-state index is 10.1. The highest BCUT2D eigenvalue weighted by atomic mass is 16.6. The molecule has 0 aliphatic heterocycles. The van der Waals surface area contributed by atoms with Gasteiger partial charge in [0.1, 0.15) is 0 Å². The van der Waals surface area contributed by atoms with Crippen molar-refractivity contribution in [1.29, 1.82) is 0 Å². The third-order valence-corrected chi connectivity index (χ3v) is 0.710. The van der Waals surface area contributed by atoms with E-state index in [4.69, 9.17) is 5.11 Å². The smallest absolute Gasteiger partial charge is 0.336 e. The summed E-state index contributed by atoms with van der Waals surface area (Å²) < 4.78 is 4.09. The lowest BCUT2D eigenvalue weighted by Crippen LogP contribution is -2.14. The first-order valence-corrected chi connectivity index (χ1v) is 1.87. The summed E-state index contributed by atoms with van der Waals surface area (Å²) in [7, 11) is 0. The zero-order chi connectivity index (χ0) is 6.15. The molecule has 1 amide bonds. The number of aromatic amines is 1. The van der Waals surface area contributed by atoms with Crippen LogP contribution < -0.4 is 5.73 Å². The first-order chi connectivity index (χ1) is 3.72. The summed E-state index contributed by atoms with van der Waals surface area (Å²) in [5.41, 5.74) is 4.61. The molecule has 5 nitrogen and oxygen atoms in total. The van der Waals surface area contributed by atoms with Gasteiger partial charge in [0.25, 0.3) is 5.91 Å². The number of aromatic nitrogens is 1. The molecule has 0 saturated carbocycles. The van der Waals surface area contributed by atoms with E-state index in [2.05, 4.69) is 10.3 Å². The van der Waals surface area contributed by atoms with Gasteiger partial charge in [0, 0.05) is 0 Å². The minimum atomic E-state index is -0.728. The van der Waals surface area contributed by atoms with Crippen LogP contribution in [0.2, 0.25) is 0 Å². The van der Waals surface area contributed by atoms with E-state index in [1.165, 1.54) is 0 Å². The highest BCUT2D eigenvalue weighted by molar-refractivity contribution is 5.92. The zero-order valence-electron chi connectivity index (χ0n) is 3.84. The highest BCUT2D eigenvalue weighted by Gasteiger charge is 2.13. The fraction of sp³-hybridized carbons (Fsp3) is 0. The lowest BCUT2D eigenvalue weighted by Gasteiger charge is -1.99. The Morgan fingerprint density at radius 2 is 2.50 bits per heavy atom. The molecule has 4 N–H and O–H groups in total. The molecule has 0 saturated heterocycles. The van der Waals surface area contributed by atoms with E-state index < -0.39 is 11.9 Å². The first-order valence-electron chi connectivity index (χ1n) is 1.87. The van der Waals surface area contributed by atoms with E-state index >= 15 is 0 Å². The SMILES string of the molecule is NC(=O)c1[nH]oc1O. The van der Waals surface area contributed by atoms with Gasteiger partial charge in [0.05, 0.1) is 0 Å². The van der Waals surface area contributed by atoms with Crippen molar-refractivity contribution < 1.29 is 14.4 Å². The Labute approximate surface area is 44.0 Å². The summed E-state index contributed by atoms with van der Waals surface area (Å²) in [4.78, 5) is 10.1. The maximum atomic E-state index is 10.1. The molecular formula is C3H4N2O3. The molecule has 0 radical (unpaired) electrons. The van der Waals surface area contributed by atoms with Crippen LogP contribution in [0.3, 0.4) is 0 Å². The van der Waals surface area contributed by atoms with Crippen LogP contribution >= 0.6 is 0 Å². The zero-order valence-corrected chi connectivity index (χ0v) is 3.84. The number of rotatable bonds is 1. The standard InChI is InChI=1S/C3H4N2O3/c4-2(6)1-3(7)8-5-1/h5,7H,(H2,4,6). The summed E-state index contributed by atoms with van der Waals surface area (Å²) in [6.45, 7) is 0. The highest BCUT2D eigenvalue weighted by Crippen LogP contribution is 2.14. The van der Waals surface area contributed by atoms with Crippen molar-refractivity contribution in [2.24, 2.45) is 5.73 Å². The molecular weight excluding hydrogens is 112 g/mol. The summed E-state index contributed by atoms with van der Waals surface area (Å²) in [6.07, 6.45) is 0. The second kappa shape index (κ2) is 1.29. The summed E-state index contributed by atoms with van der Waals surface area (Å²) in [5, 5.41) is 10.4. The van der Waals surface area contributed by atoms with Crippen molar-refractivity contribution in [3.05, 3.63) is 5.69 Å². The number of hydrogen-bond acceptors (Lipinski definition) is 3. The van der Waals surface area contributed by atoms with Crippen molar-refractivity contribution in [2.45, 2.75) is 0 Å². The average molecular weight is 116 g/mol. The first kappa shape index (κ1) is 4.76. The Morgan fingerprint density at radius 1 is 1.88 bits per heavy atom. The van der Waals surface area contributed by atoms with Gasteiger partial charge >= 0.3 is 5.95 Å². The van der Waals surface area contributed by atoms with Crippen molar-refractivity contribution in [2.75, 3.05) is 0 Å². The molecule has 1 aromatic heterocycles. The average Bonchev–Trinajstić information content (AvgIpc) is 1.61. The van der Waals surface area contributed by atoms with Gasteiger partial charge in [-0.3, -0.25) is 4.79 Å². The minimum absolute atomic E-state index is 0.0787. The fourth-order valence-electron chi connectivity index (χ4n) is 0.303. The topological polar surface area (TPSA) is 92.3 Å². The number of carbonyl (C=O) groups is 1. The Balaban J connectivity index is 2.84. The quantitative estimate of drug-likeness (QED) is 0.458. The molecule has 0 spiro atoms. The molecule has 0 aliphatic rings. The molecule has 1 heterocycles. The molecule has 0 unspecified atom stereocenters. The minimum Gasteiger partial charge on any atom is -0.478 e. The molecule has 44 valence electrons. The molecule has 8 heavy (non-hydrogen) atoms. The molecule has 1 aromatic rings. The number of amides is 1. The lowest BCUT2D eigenvalue weighted by atomic mass is 10.4. The van der Waals surface area contributed by atoms with Crippen LogP contribution in [0.15, 0.2) is 4.52 Å². The van der Waals surface area contributed by atoms with Crippen LogP contribution in [-0.4, -0.2) is 16.2 Å². The molecule has 1 rings (SSSR count). The number of carbonyl (C=O) groups excluding carboxylic acids is 1. The second-order valence-corrected chi connectivity index (χ2v) is 1.25. The van der Waals surface area contributed by atoms with Gasteiger partial charge in [0.15, 0.2) is 0 Å². The van der Waals surface area contributed by atoms with Gasteiger partial charge < -0.3 is 15.4 Å². The Hall–Kier alpha value is -1.39. The summed E-state index contributed by atoms with van der Waals surface area (Å²) in [5.74, 6) is -1.17. The van der Waals surface area contributed by atoms with Crippen molar-refractivity contribution in [3.8, 4) is 5.95 Å². The van der Waals surface area contributed by atoms with Crippen LogP contribution in [-0.2, 0) is 0 Å². The largest absolute Gasteiger partial charge is 0.478 e. The van der Waals surface area contributed by atoms with Crippen LogP contribution in [0.25, 0.3) is 0 Å². The second-order valence-electron chi connectivity index (χ2n) is 1.25. The Kier molecular flexibility index (Phi) is 0.768. The van der Waals surface area contributed by atoms with Crippen LogP contribution in [0.1, 0.15) is 10.5 Å². The van der Waals surface area contributed by atoms with Crippen LogP contribution in [0.4, 0.5) is 0 Å². The molecule has 0 aromatic carbocycles. The van der Waals surface area contributed by atoms with E-state index in [1.807, 2.05) is 5.16 Å². The molecule has 0 atom stereocenters. The number of nitrogens with two attached hydrogens (primary N) is 1. The monoisotopic (exact) mass is 116 g/mol. The normalized spacial score (nSPS) is 9.50. The Morgan fingerprint density at radius 3 is 2.50 bits per heavy atom. The molecule has 5 heteroatoms. The number of aromatic hydroxyl groups is 1. The van der Waals surface area contributed by atoms with Crippen LogP contribution in [0.5, 0.6) is 5.95 Å². The predicted octanol–water partition coefficient (Wildman–Crippen LogP) is -0.588. The predicted molar refractivity (Wildman–Crippen MR) is 23.2 cm³/mol. The number of hydrogen-bond donors (Lipinski definition) is 3. The lowest BCUT2D eigenvalue weighted by molar-refractivity contribution is 0.0947. The van der Waals surface area contributed by atoms with Crippen LogP contribution in [0, 0.1) is 0 Å². The van der Waals surface area contributed by atoms with Crippen molar-refractivity contribution >= 4 is 5.91 Å². The number of H-pyrrole nitrogens is 1.